The van der Waals surface area contributed by atoms with E-state index < -0.39 is 5.97 Å². The summed E-state index contributed by atoms with van der Waals surface area (Å²) in [5.41, 5.74) is 6.08. The number of nitrogens with zero attached hydrogens (tertiary/aromatic N) is 1. The van der Waals surface area contributed by atoms with E-state index in [1.807, 2.05) is 0 Å². The van der Waals surface area contributed by atoms with Gasteiger partial charge in [-0.05, 0) is 12.1 Å². The molecule has 2 N–H and O–H groups in total. The second-order valence-corrected chi connectivity index (χ2v) is 2.52. The lowest BCUT2D eigenvalue weighted by Crippen LogP contribution is -2.08. The average molecular weight is 196 g/mol. The molecule has 14 heavy (non-hydrogen) atoms. The largest absolute Gasteiger partial charge is 0.464 e. The van der Waals surface area contributed by atoms with Gasteiger partial charge in [0.15, 0.2) is 0 Å². The summed E-state index contributed by atoms with van der Waals surface area (Å²) < 4.78 is 9.48. The van der Waals surface area contributed by atoms with Gasteiger partial charge in [0.1, 0.15) is 5.69 Å². The number of methoxy groups -OCH3 is 1. The van der Waals surface area contributed by atoms with Crippen LogP contribution in [0.1, 0.15) is 16.2 Å². The third kappa shape index (κ3) is 2.79. The summed E-state index contributed by atoms with van der Waals surface area (Å²) in [6.45, 7) is 0.422. The smallest absolute Gasteiger partial charge is 0.356 e. The molecule has 0 saturated heterocycles. The number of pyridine rings is 1. The topological polar surface area (TPSA) is 74.4 Å². The Bertz CT molecular complexity index is 315. The highest BCUT2D eigenvalue weighted by molar-refractivity contribution is 5.87. The SMILES string of the molecule is COC(=O)c1cccc(COCN)n1. The molecule has 76 valence electrons. The van der Waals surface area contributed by atoms with Crippen molar-refractivity contribution in [3.8, 4) is 0 Å². The van der Waals surface area contributed by atoms with Crippen LogP contribution in [-0.4, -0.2) is 24.8 Å². The Morgan fingerprint density at radius 2 is 2.36 bits per heavy atom. The summed E-state index contributed by atoms with van der Waals surface area (Å²) in [7, 11) is 1.31. The van der Waals surface area contributed by atoms with E-state index >= 15 is 0 Å². The molecule has 0 atom stereocenters. The van der Waals surface area contributed by atoms with E-state index in [1.165, 1.54) is 7.11 Å². The fourth-order valence-corrected chi connectivity index (χ4v) is 0.942. The van der Waals surface area contributed by atoms with Crippen molar-refractivity contribution in [1.29, 1.82) is 0 Å². The molecular weight excluding hydrogens is 184 g/mol. The minimum Gasteiger partial charge on any atom is -0.464 e. The Balaban J connectivity index is 2.73. The van der Waals surface area contributed by atoms with Gasteiger partial charge in [0, 0.05) is 0 Å². The van der Waals surface area contributed by atoms with Crippen molar-refractivity contribution in [2.24, 2.45) is 5.73 Å². The van der Waals surface area contributed by atoms with Gasteiger partial charge in [-0.15, -0.1) is 0 Å². The predicted molar refractivity (Wildman–Crippen MR) is 49.4 cm³/mol. The monoisotopic (exact) mass is 196 g/mol. The summed E-state index contributed by atoms with van der Waals surface area (Å²) >= 11 is 0. The Morgan fingerprint density at radius 3 is 3.00 bits per heavy atom. The molecule has 0 aliphatic carbocycles. The summed E-state index contributed by atoms with van der Waals surface area (Å²) in [6, 6.07) is 5.05. The van der Waals surface area contributed by atoms with Gasteiger partial charge in [-0.3, -0.25) is 0 Å². The van der Waals surface area contributed by atoms with Crippen LogP contribution in [0.4, 0.5) is 0 Å². The lowest BCUT2D eigenvalue weighted by molar-refractivity contribution is 0.0592. The molecule has 0 aliphatic rings. The highest BCUT2D eigenvalue weighted by Crippen LogP contribution is 2.02. The number of ether oxygens (including phenoxy) is 2. The van der Waals surface area contributed by atoms with E-state index in [2.05, 4.69) is 9.72 Å². The molecule has 0 fully saturated rings. The summed E-state index contributed by atoms with van der Waals surface area (Å²) in [5.74, 6) is -0.459. The molecule has 0 amide bonds. The fourth-order valence-electron chi connectivity index (χ4n) is 0.942. The molecule has 1 aromatic rings. The van der Waals surface area contributed by atoms with Gasteiger partial charge in [-0.1, -0.05) is 6.07 Å². The highest BCUT2D eigenvalue weighted by atomic mass is 16.5. The van der Waals surface area contributed by atoms with E-state index in [9.17, 15) is 4.79 Å². The van der Waals surface area contributed by atoms with Crippen molar-refractivity contribution >= 4 is 5.97 Å². The molecule has 0 aromatic carbocycles. The standard InChI is InChI=1S/C9H12N2O3/c1-13-9(12)8-4-2-3-7(11-8)5-14-6-10/h2-4H,5-6,10H2,1H3. The number of carbonyl (C=O) groups is 1. The van der Waals surface area contributed by atoms with Crippen LogP contribution in [0.25, 0.3) is 0 Å². The maximum absolute atomic E-state index is 11.1. The van der Waals surface area contributed by atoms with Gasteiger partial charge in [0.25, 0.3) is 0 Å². The van der Waals surface area contributed by atoms with Crippen molar-refractivity contribution in [3.05, 3.63) is 29.6 Å². The van der Waals surface area contributed by atoms with Crippen LogP contribution >= 0.6 is 0 Å². The number of nitrogens with two attached hydrogens (primary N) is 1. The molecule has 5 nitrogen and oxygen atoms in total. The Morgan fingerprint density at radius 1 is 1.57 bits per heavy atom. The van der Waals surface area contributed by atoms with Crippen molar-refractivity contribution in [1.82, 2.24) is 4.98 Å². The maximum Gasteiger partial charge on any atom is 0.356 e. The predicted octanol–water partition coefficient (Wildman–Crippen LogP) is 0.301. The Hall–Kier alpha value is -1.46. The third-order valence-electron chi connectivity index (χ3n) is 1.57. The van der Waals surface area contributed by atoms with Gasteiger partial charge in [-0.25, -0.2) is 9.78 Å². The van der Waals surface area contributed by atoms with Crippen LogP contribution in [0, 0.1) is 0 Å². The lowest BCUT2D eigenvalue weighted by Gasteiger charge is -2.02. The van der Waals surface area contributed by atoms with E-state index in [0.29, 0.717) is 12.3 Å². The molecule has 0 saturated carbocycles. The van der Waals surface area contributed by atoms with E-state index in [1.54, 1.807) is 18.2 Å². The average Bonchev–Trinajstić information content (AvgIpc) is 2.25. The van der Waals surface area contributed by atoms with Gasteiger partial charge >= 0.3 is 5.97 Å². The van der Waals surface area contributed by atoms with Gasteiger partial charge in [0.05, 0.1) is 26.1 Å². The highest BCUT2D eigenvalue weighted by Gasteiger charge is 2.06. The van der Waals surface area contributed by atoms with Crippen LogP contribution in [0.5, 0.6) is 0 Å². The molecule has 0 spiro atoms. The molecule has 0 radical (unpaired) electrons. The van der Waals surface area contributed by atoms with E-state index in [-0.39, 0.29) is 12.4 Å². The third-order valence-corrected chi connectivity index (χ3v) is 1.57. The quantitative estimate of drug-likeness (QED) is 0.553. The summed E-state index contributed by atoms with van der Waals surface area (Å²) in [6.07, 6.45) is 0. The number of hydrogen-bond donors (Lipinski definition) is 1. The number of carbonyl (C=O) groups excluding carboxylic acids is 1. The Labute approximate surface area is 81.8 Å². The van der Waals surface area contributed by atoms with Crippen molar-refractivity contribution in [2.45, 2.75) is 6.61 Å². The van der Waals surface area contributed by atoms with E-state index in [4.69, 9.17) is 10.5 Å². The van der Waals surface area contributed by atoms with Crippen molar-refractivity contribution in [2.75, 3.05) is 13.8 Å². The van der Waals surface area contributed by atoms with Crippen LogP contribution < -0.4 is 5.73 Å². The number of esters is 1. The molecule has 1 rings (SSSR count). The Kier molecular flexibility index (Phi) is 4.03. The molecule has 0 unspecified atom stereocenters. The fraction of sp³-hybridized carbons (Fsp3) is 0.333. The van der Waals surface area contributed by atoms with E-state index in [0.717, 1.165) is 0 Å². The van der Waals surface area contributed by atoms with Gasteiger partial charge in [-0.2, -0.15) is 0 Å². The normalized spacial score (nSPS) is 9.86. The summed E-state index contributed by atoms with van der Waals surface area (Å²) in [4.78, 5) is 15.1. The van der Waals surface area contributed by atoms with Crippen LogP contribution in [0.3, 0.4) is 0 Å². The number of rotatable bonds is 4. The molecule has 1 aromatic heterocycles. The van der Waals surface area contributed by atoms with Crippen LogP contribution in [0.2, 0.25) is 0 Å². The van der Waals surface area contributed by atoms with Crippen molar-refractivity contribution < 1.29 is 14.3 Å². The number of hydrogen-bond acceptors (Lipinski definition) is 5. The molecule has 0 bridgehead atoms. The van der Waals surface area contributed by atoms with Crippen molar-refractivity contribution in [3.63, 3.8) is 0 Å². The first-order chi connectivity index (χ1) is 6.77. The first kappa shape index (κ1) is 10.6. The molecular formula is C9H12N2O3. The second kappa shape index (κ2) is 5.31. The zero-order chi connectivity index (χ0) is 10.4. The summed E-state index contributed by atoms with van der Waals surface area (Å²) in [5, 5.41) is 0. The number of aromatic nitrogens is 1. The maximum atomic E-state index is 11.1. The first-order valence-electron chi connectivity index (χ1n) is 4.10. The zero-order valence-electron chi connectivity index (χ0n) is 7.90. The minimum absolute atomic E-state index is 0.129. The van der Waals surface area contributed by atoms with Gasteiger partial charge < -0.3 is 15.2 Å². The molecule has 1 heterocycles. The van der Waals surface area contributed by atoms with Crippen LogP contribution in [-0.2, 0) is 16.1 Å². The molecule has 5 heteroatoms. The lowest BCUT2D eigenvalue weighted by atomic mass is 10.3. The van der Waals surface area contributed by atoms with Crippen LogP contribution in [0.15, 0.2) is 18.2 Å². The van der Waals surface area contributed by atoms with Gasteiger partial charge in [0.2, 0.25) is 0 Å². The molecule has 0 aliphatic heterocycles. The first-order valence-corrected chi connectivity index (χ1v) is 4.10. The zero-order valence-corrected chi connectivity index (χ0v) is 7.90. The minimum atomic E-state index is -0.459. The second-order valence-electron chi connectivity index (χ2n) is 2.52.